The Hall–Kier alpha value is -0.460. The Kier molecular flexibility index (Phi) is 32.9. The predicted molar refractivity (Wildman–Crippen MR) is 209 cm³/mol. The Bertz CT molecular complexity index is 748. The summed E-state index contributed by atoms with van der Waals surface area (Å²) in [7, 11) is -3.31. The molecule has 1 aliphatic rings. The summed E-state index contributed by atoms with van der Waals surface area (Å²) in [5.74, 6) is -0.0139. The fraction of sp³-hybridized carbons (Fsp3) is 0.976. The van der Waals surface area contributed by atoms with Crippen molar-refractivity contribution in [2.75, 3.05) is 39.4 Å². The molecule has 0 spiro atoms. The lowest BCUT2D eigenvalue weighted by atomic mass is 10.0. The van der Waals surface area contributed by atoms with Gasteiger partial charge in [0.1, 0.15) is 6.10 Å². The molecule has 0 bridgehead atoms. The van der Waals surface area contributed by atoms with Crippen molar-refractivity contribution in [1.29, 1.82) is 0 Å². The van der Waals surface area contributed by atoms with E-state index < -0.39 is 7.75 Å². The summed E-state index contributed by atoms with van der Waals surface area (Å²) in [5, 5.41) is 3.17. The Morgan fingerprint density at radius 2 is 1.02 bits per heavy atom. The standard InChI is InChI=1S/C41H83N2O5P/c1-4-7-10-13-16-21-29-38-46-49(45,42-34-37-43-35-27-23-28-36-43)47-39-30-22-17-20-26-33-41(44)48-40(31-24-18-14-11-8-5-2)32-25-19-15-12-9-6-3/h40H,4-39H2,1-3H3,(H,42,45). The number of hydrogen-bond acceptors (Lipinski definition) is 6. The van der Waals surface area contributed by atoms with Crippen molar-refractivity contribution >= 4 is 13.7 Å². The predicted octanol–water partition coefficient (Wildman–Crippen LogP) is 12.7. The molecule has 1 aliphatic heterocycles. The first-order valence-corrected chi connectivity index (χ1v) is 23.1. The molecule has 0 saturated carbocycles. The molecule has 0 amide bonds. The van der Waals surface area contributed by atoms with Gasteiger partial charge in [-0.3, -0.25) is 13.8 Å². The average molecular weight is 715 g/mol. The van der Waals surface area contributed by atoms with Gasteiger partial charge < -0.3 is 9.64 Å². The molecular formula is C41H83N2O5P. The van der Waals surface area contributed by atoms with Crippen molar-refractivity contribution in [3.05, 3.63) is 0 Å². The second-order valence-corrected chi connectivity index (χ2v) is 16.7. The number of ether oxygens (including phenoxy) is 1. The number of carbonyl (C=O) groups is 1. The Balaban J connectivity index is 2.30. The molecule has 8 heteroatoms. The van der Waals surface area contributed by atoms with Crippen LogP contribution in [-0.4, -0.2) is 56.4 Å². The van der Waals surface area contributed by atoms with Crippen LogP contribution in [0.15, 0.2) is 0 Å². The highest BCUT2D eigenvalue weighted by Crippen LogP contribution is 2.44. The zero-order chi connectivity index (χ0) is 35.5. The van der Waals surface area contributed by atoms with Gasteiger partial charge in [0.25, 0.3) is 0 Å². The molecule has 1 saturated heterocycles. The Morgan fingerprint density at radius 1 is 0.592 bits per heavy atom. The van der Waals surface area contributed by atoms with Crippen LogP contribution in [0.25, 0.3) is 0 Å². The maximum Gasteiger partial charge on any atom is 0.405 e. The van der Waals surface area contributed by atoms with Gasteiger partial charge in [-0.1, -0.05) is 149 Å². The van der Waals surface area contributed by atoms with Gasteiger partial charge >= 0.3 is 13.7 Å². The quantitative estimate of drug-likeness (QED) is 0.0390. The number of nitrogens with one attached hydrogen (secondary N) is 1. The van der Waals surface area contributed by atoms with E-state index in [0.717, 1.165) is 77.4 Å². The van der Waals surface area contributed by atoms with Crippen molar-refractivity contribution in [2.45, 2.75) is 219 Å². The topological polar surface area (TPSA) is 77.1 Å². The van der Waals surface area contributed by atoms with Gasteiger partial charge in [-0.15, -0.1) is 0 Å². The van der Waals surface area contributed by atoms with Crippen LogP contribution in [-0.2, 0) is 23.1 Å². The molecular weight excluding hydrogens is 631 g/mol. The van der Waals surface area contributed by atoms with E-state index in [-0.39, 0.29) is 12.1 Å². The zero-order valence-corrected chi connectivity index (χ0v) is 33.9. The fourth-order valence-corrected chi connectivity index (χ4v) is 8.17. The molecule has 7 nitrogen and oxygen atoms in total. The van der Waals surface area contributed by atoms with Crippen LogP contribution >= 0.6 is 7.75 Å². The number of hydrogen-bond donors (Lipinski definition) is 1. The first kappa shape index (κ1) is 46.6. The summed E-state index contributed by atoms with van der Waals surface area (Å²) < 4.78 is 31.4. The zero-order valence-electron chi connectivity index (χ0n) is 33.0. The van der Waals surface area contributed by atoms with Crippen LogP contribution in [0, 0.1) is 0 Å². The minimum absolute atomic E-state index is 0.0139. The molecule has 0 aromatic carbocycles. The van der Waals surface area contributed by atoms with Crippen LogP contribution in [0.5, 0.6) is 0 Å². The minimum atomic E-state index is -3.31. The van der Waals surface area contributed by atoms with Gasteiger partial charge in [-0.2, -0.15) is 0 Å². The van der Waals surface area contributed by atoms with E-state index >= 15 is 0 Å². The number of unbranched alkanes of at least 4 members (excludes halogenated alkanes) is 20. The molecule has 0 aromatic rings. The number of piperidine rings is 1. The van der Waals surface area contributed by atoms with E-state index in [9.17, 15) is 9.36 Å². The van der Waals surface area contributed by atoms with Crippen LogP contribution in [0.2, 0.25) is 0 Å². The monoisotopic (exact) mass is 715 g/mol. The lowest BCUT2D eigenvalue weighted by Gasteiger charge is -2.27. The largest absolute Gasteiger partial charge is 0.462 e. The molecule has 1 fully saturated rings. The molecule has 1 N–H and O–H groups in total. The van der Waals surface area contributed by atoms with Crippen molar-refractivity contribution < 1.29 is 23.1 Å². The van der Waals surface area contributed by atoms with Gasteiger partial charge in [0, 0.05) is 19.5 Å². The maximum absolute atomic E-state index is 13.6. The van der Waals surface area contributed by atoms with E-state index in [4.69, 9.17) is 13.8 Å². The van der Waals surface area contributed by atoms with Crippen LogP contribution in [0.3, 0.4) is 0 Å². The third kappa shape index (κ3) is 29.8. The van der Waals surface area contributed by atoms with Crippen molar-refractivity contribution in [2.24, 2.45) is 0 Å². The lowest BCUT2D eigenvalue weighted by molar-refractivity contribution is -0.150. The average Bonchev–Trinajstić information content (AvgIpc) is 3.10. The highest BCUT2D eigenvalue weighted by molar-refractivity contribution is 7.51. The first-order chi connectivity index (χ1) is 24.0. The van der Waals surface area contributed by atoms with Gasteiger partial charge in [0.05, 0.1) is 13.2 Å². The van der Waals surface area contributed by atoms with Crippen molar-refractivity contribution in [1.82, 2.24) is 9.99 Å². The number of nitrogens with zero attached hydrogens (tertiary/aromatic N) is 1. The molecule has 1 unspecified atom stereocenters. The van der Waals surface area contributed by atoms with Crippen LogP contribution in [0.1, 0.15) is 213 Å². The number of likely N-dealkylation sites (tertiary alicyclic amines) is 1. The lowest BCUT2D eigenvalue weighted by Crippen LogP contribution is -2.35. The Labute approximate surface area is 305 Å². The minimum Gasteiger partial charge on any atom is -0.462 e. The van der Waals surface area contributed by atoms with Gasteiger partial charge in [0.2, 0.25) is 0 Å². The maximum atomic E-state index is 13.6. The number of esters is 1. The number of carbonyl (C=O) groups excluding carboxylic acids is 1. The fourth-order valence-electron chi connectivity index (χ4n) is 6.80. The smallest absolute Gasteiger partial charge is 0.405 e. The second kappa shape index (κ2) is 34.6. The molecule has 1 rings (SSSR count). The molecule has 1 atom stereocenters. The SMILES string of the molecule is CCCCCCCCCOP(=O)(NCCN1CCCCC1)OCCCCCCCC(=O)OC(CCCCCCCC)CCCCCCCC. The molecule has 0 aliphatic carbocycles. The highest BCUT2D eigenvalue weighted by atomic mass is 31.2. The summed E-state index contributed by atoms with van der Waals surface area (Å²) in [6, 6.07) is 0. The third-order valence-electron chi connectivity index (χ3n) is 10.0. The molecule has 1 heterocycles. The molecule has 0 radical (unpaired) electrons. The van der Waals surface area contributed by atoms with Gasteiger partial charge in [0.15, 0.2) is 0 Å². The third-order valence-corrected chi connectivity index (χ3v) is 11.7. The summed E-state index contributed by atoms with van der Waals surface area (Å²) in [5.41, 5.74) is 0. The second-order valence-electron chi connectivity index (χ2n) is 14.8. The van der Waals surface area contributed by atoms with E-state index in [1.165, 1.54) is 128 Å². The van der Waals surface area contributed by atoms with Crippen molar-refractivity contribution in [3.63, 3.8) is 0 Å². The summed E-state index contributed by atoms with van der Waals surface area (Å²) in [6.07, 6.45) is 35.0. The van der Waals surface area contributed by atoms with E-state index in [1.54, 1.807) is 0 Å². The van der Waals surface area contributed by atoms with Crippen molar-refractivity contribution in [3.8, 4) is 0 Å². The van der Waals surface area contributed by atoms with E-state index in [2.05, 4.69) is 30.8 Å². The van der Waals surface area contributed by atoms with Gasteiger partial charge in [-0.05, 0) is 70.9 Å². The van der Waals surface area contributed by atoms with Gasteiger partial charge in [-0.25, -0.2) is 9.65 Å². The molecule has 0 aromatic heterocycles. The Morgan fingerprint density at radius 3 is 1.51 bits per heavy atom. The number of rotatable bonds is 37. The van der Waals surface area contributed by atoms with E-state index in [1.807, 2.05) is 0 Å². The summed E-state index contributed by atoms with van der Waals surface area (Å²) in [6.45, 7) is 11.4. The highest BCUT2D eigenvalue weighted by Gasteiger charge is 2.24. The van der Waals surface area contributed by atoms with Crippen LogP contribution < -0.4 is 5.09 Å². The molecule has 49 heavy (non-hydrogen) atoms. The summed E-state index contributed by atoms with van der Waals surface area (Å²) >= 11 is 0. The molecule has 292 valence electrons. The van der Waals surface area contributed by atoms with Crippen LogP contribution in [0.4, 0.5) is 0 Å². The first-order valence-electron chi connectivity index (χ1n) is 21.6. The normalized spacial score (nSPS) is 15.2. The van der Waals surface area contributed by atoms with E-state index in [0.29, 0.717) is 26.2 Å². The summed E-state index contributed by atoms with van der Waals surface area (Å²) in [4.78, 5) is 15.2.